The minimum atomic E-state index is -0.778. The maximum Gasteiger partial charge on any atom is 0.306 e. The molecule has 0 radical (unpaired) electrons. The van der Waals surface area contributed by atoms with Crippen molar-refractivity contribution < 1.29 is 28.6 Å². The monoisotopic (exact) mass is 969 g/mol. The summed E-state index contributed by atoms with van der Waals surface area (Å²) in [5.41, 5.74) is 0. The van der Waals surface area contributed by atoms with Crippen molar-refractivity contribution in [1.29, 1.82) is 0 Å². The van der Waals surface area contributed by atoms with Gasteiger partial charge in [-0.25, -0.2) is 0 Å². The van der Waals surface area contributed by atoms with Crippen LogP contribution in [0.25, 0.3) is 0 Å². The molecule has 69 heavy (non-hydrogen) atoms. The fraction of sp³-hybridized carbons (Fsp3) is 0.857. The summed E-state index contributed by atoms with van der Waals surface area (Å²) in [4.78, 5) is 38.2. The fourth-order valence-corrected chi connectivity index (χ4v) is 8.96. The van der Waals surface area contributed by atoms with Gasteiger partial charge < -0.3 is 14.2 Å². The number of rotatable bonds is 56. The van der Waals surface area contributed by atoms with Gasteiger partial charge in [0, 0.05) is 19.3 Å². The van der Waals surface area contributed by atoms with Crippen molar-refractivity contribution in [3.05, 3.63) is 36.5 Å². The quantitative estimate of drug-likeness (QED) is 0.0261. The number of hydrogen-bond donors (Lipinski definition) is 0. The van der Waals surface area contributed by atoms with Gasteiger partial charge in [0.15, 0.2) is 6.10 Å². The molecule has 1 unspecified atom stereocenters. The molecule has 0 fully saturated rings. The molecule has 0 aliphatic heterocycles. The van der Waals surface area contributed by atoms with Gasteiger partial charge >= 0.3 is 17.9 Å². The van der Waals surface area contributed by atoms with Crippen LogP contribution >= 0.6 is 0 Å². The molecule has 1 atom stereocenters. The Labute approximate surface area is 429 Å². The van der Waals surface area contributed by atoms with Crippen LogP contribution in [0.15, 0.2) is 36.5 Å². The van der Waals surface area contributed by atoms with E-state index >= 15 is 0 Å². The van der Waals surface area contributed by atoms with Gasteiger partial charge in [0.05, 0.1) is 0 Å². The molecule has 0 aliphatic carbocycles. The smallest absolute Gasteiger partial charge is 0.306 e. The van der Waals surface area contributed by atoms with Crippen molar-refractivity contribution in [2.45, 2.75) is 335 Å². The lowest BCUT2D eigenvalue weighted by molar-refractivity contribution is -0.167. The van der Waals surface area contributed by atoms with Gasteiger partial charge in [-0.15, -0.1) is 0 Å². The lowest BCUT2D eigenvalue weighted by Gasteiger charge is -2.18. The molecule has 0 saturated carbocycles. The number of esters is 3. The molecular formula is C63H116O6. The second kappa shape index (κ2) is 58.2. The van der Waals surface area contributed by atoms with Crippen LogP contribution in [-0.2, 0) is 28.6 Å². The molecule has 6 heteroatoms. The van der Waals surface area contributed by atoms with E-state index in [9.17, 15) is 14.4 Å². The molecule has 0 rings (SSSR count). The Morgan fingerprint density at radius 2 is 0.478 bits per heavy atom. The van der Waals surface area contributed by atoms with Gasteiger partial charge in [-0.2, -0.15) is 0 Å². The molecule has 404 valence electrons. The van der Waals surface area contributed by atoms with E-state index in [0.717, 1.165) is 64.2 Å². The second-order valence-electron chi connectivity index (χ2n) is 20.6. The van der Waals surface area contributed by atoms with Crippen LogP contribution in [0.4, 0.5) is 0 Å². The van der Waals surface area contributed by atoms with Crippen molar-refractivity contribution in [3.8, 4) is 0 Å². The Kier molecular flexibility index (Phi) is 56.2. The first-order valence-corrected chi connectivity index (χ1v) is 30.5. The Morgan fingerprint density at radius 3 is 0.725 bits per heavy atom. The number of hydrogen-bond acceptors (Lipinski definition) is 6. The first-order valence-electron chi connectivity index (χ1n) is 30.5. The summed E-state index contributed by atoms with van der Waals surface area (Å²) < 4.78 is 16.9. The first-order chi connectivity index (χ1) is 34.0. The molecule has 0 spiro atoms. The summed E-state index contributed by atoms with van der Waals surface area (Å²) in [6.07, 6.45) is 69.9. The third-order valence-electron chi connectivity index (χ3n) is 13.6. The third kappa shape index (κ3) is 56.4. The SMILES string of the molecule is CCCCCCCC/C=C\CCCCCCCCCC(=O)OC(COC(=O)CCCCCCC/C=C\CCCCCCCCC)COC(=O)CCCCCCCCC/C=C\CCCCCCCCC. The Hall–Kier alpha value is -2.37. The van der Waals surface area contributed by atoms with E-state index in [1.165, 1.54) is 225 Å². The lowest BCUT2D eigenvalue weighted by atomic mass is 10.1. The van der Waals surface area contributed by atoms with Crippen LogP contribution in [0.5, 0.6) is 0 Å². The summed E-state index contributed by atoms with van der Waals surface area (Å²) in [6.45, 7) is 6.66. The number of carbonyl (C=O) groups is 3. The largest absolute Gasteiger partial charge is 0.462 e. The van der Waals surface area contributed by atoms with E-state index in [4.69, 9.17) is 14.2 Å². The van der Waals surface area contributed by atoms with Crippen molar-refractivity contribution >= 4 is 17.9 Å². The van der Waals surface area contributed by atoms with Gasteiger partial charge in [-0.1, -0.05) is 250 Å². The summed E-state index contributed by atoms with van der Waals surface area (Å²) in [5.74, 6) is -0.874. The molecule has 6 nitrogen and oxygen atoms in total. The summed E-state index contributed by atoms with van der Waals surface area (Å²) in [6, 6.07) is 0. The average molecular weight is 970 g/mol. The lowest BCUT2D eigenvalue weighted by Crippen LogP contribution is -2.30. The van der Waals surface area contributed by atoms with E-state index in [-0.39, 0.29) is 31.1 Å². The van der Waals surface area contributed by atoms with Crippen LogP contribution in [0.2, 0.25) is 0 Å². The van der Waals surface area contributed by atoms with E-state index in [1.54, 1.807) is 0 Å². The maximum atomic E-state index is 12.9. The highest BCUT2D eigenvalue weighted by molar-refractivity contribution is 5.71. The van der Waals surface area contributed by atoms with Crippen LogP contribution < -0.4 is 0 Å². The predicted octanol–water partition coefficient (Wildman–Crippen LogP) is 20.4. The molecule has 0 aromatic rings. The molecule has 0 saturated heterocycles. The van der Waals surface area contributed by atoms with Crippen molar-refractivity contribution in [1.82, 2.24) is 0 Å². The molecule has 0 aromatic heterocycles. The number of allylic oxidation sites excluding steroid dienone is 6. The number of ether oxygens (including phenoxy) is 3. The summed E-state index contributed by atoms with van der Waals surface area (Å²) in [7, 11) is 0. The molecular weight excluding hydrogens is 853 g/mol. The Balaban J connectivity index is 4.37. The second-order valence-corrected chi connectivity index (χ2v) is 20.6. The minimum Gasteiger partial charge on any atom is -0.462 e. The molecule has 0 heterocycles. The van der Waals surface area contributed by atoms with E-state index < -0.39 is 6.10 Å². The molecule has 0 amide bonds. The van der Waals surface area contributed by atoms with Gasteiger partial charge in [-0.05, 0) is 96.3 Å². The van der Waals surface area contributed by atoms with Crippen LogP contribution in [-0.4, -0.2) is 37.2 Å². The molecule has 0 N–H and O–H groups in total. The van der Waals surface area contributed by atoms with Gasteiger partial charge in [0.2, 0.25) is 0 Å². The van der Waals surface area contributed by atoms with E-state index in [2.05, 4.69) is 57.2 Å². The predicted molar refractivity (Wildman–Crippen MR) is 298 cm³/mol. The van der Waals surface area contributed by atoms with Crippen LogP contribution in [0, 0.1) is 0 Å². The van der Waals surface area contributed by atoms with Gasteiger partial charge in [-0.3, -0.25) is 14.4 Å². The van der Waals surface area contributed by atoms with Crippen LogP contribution in [0.1, 0.15) is 329 Å². The third-order valence-corrected chi connectivity index (χ3v) is 13.6. The average Bonchev–Trinajstić information content (AvgIpc) is 3.35. The topological polar surface area (TPSA) is 78.9 Å². The fourth-order valence-electron chi connectivity index (χ4n) is 8.96. The number of unbranched alkanes of at least 4 members (excludes halogenated alkanes) is 39. The Morgan fingerprint density at radius 1 is 0.275 bits per heavy atom. The van der Waals surface area contributed by atoms with E-state index in [0.29, 0.717) is 19.3 Å². The zero-order valence-electron chi connectivity index (χ0n) is 46.3. The highest BCUT2D eigenvalue weighted by Crippen LogP contribution is 2.16. The van der Waals surface area contributed by atoms with Crippen molar-refractivity contribution in [2.24, 2.45) is 0 Å². The highest BCUT2D eigenvalue weighted by atomic mass is 16.6. The zero-order chi connectivity index (χ0) is 50.0. The Bertz CT molecular complexity index is 1160. The zero-order valence-corrected chi connectivity index (χ0v) is 46.3. The maximum absolute atomic E-state index is 12.9. The van der Waals surface area contributed by atoms with Gasteiger partial charge in [0.25, 0.3) is 0 Å². The van der Waals surface area contributed by atoms with E-state index in [1.807, 2.05) is 0 Å². The molecule has 0 aromatic carbocycles. The van der Waals surface area contributed by atoms with Crippen molar-refractivity contribution in [3.63, 3.8) is 0 Å². The standard InChI is InChI=1S/C63H116O6/c1-4-7-10-13-16-19-22-25-28-31-33-35-38-41-44-47-50-53-56-62(65)68-59-60(58-67-61(64)55-52-49-46-43-40-37-34-30-27-24-21-18-15-12-9-6-3)69-63(66)57-54-51-48-45-42-39-36-32-29-26-23-20-17-14-11-8-5-2/h26,28-31,34,60H,4-25,27,32-33,35-59H2,1-3H3/b29-26-,31-28-,34-30-. The van der Waals surface area contributed by atoms with Gasteiger partial charge in [0.1, 0.15) is 13.2 Å². The highest BCUT2D eigenvalue weighted by Gasteiger charge is 2.19. The number of carbonyl (C=O) groups excluding carboxylic acids is 3. The summed E-state index contributed by atoms with van der Waals surface area (Å²) >= 11 is 0. The van der Waals surface area contributed by atoms with Crippen LogP contribution in [0.3, 0.4) is 0 Å². The molecule has 0 bridgehead atoms. The summed E-state index contributed by atoms with van der Waals surface area (Å²) in [5, 5.41) is 0. The first kappa shape index (κ1) is 66.6. The minimum absolute atomic E-state index is 0.0763. The van der Waals surface area contributed by atoms with Crippen molar-refractivity contribution in [2.75, 3.05) is 13.2 Å². The normalized spacial score (nSPS) is 12.2. The molecule has 0 aliphatic rings.